The lowest BCUT2D eigenvalue weighted by atomic mass is 10.1. The zero-order valence-electron chi connectivity index (χ0n) is 11.8. The van der Waals surface area contributed by atoms with Gasteiger partial charge in [0, 0.05) is 30.2 Å². The van der Waals surface area contributed by atoms with Crippen LogP contribution in [-0.4, -0.2) is 30.2 Å². The molecule has 1 rings (SSSR count). The van der Waals surface area contributed by atoms with Crippen molar-refractivity contribution in [1.29, 1.82) is 5.26 Å². The van der Waals surface area contributed by atoms with Crippen LogP contribution in [0.3, 0.4) is 0 Å². The predicted octanol–water partition coefficient (Wildman–Crippen LogP) is 2.87. The Hall–Kier alpha value is -2.06. The highest BCUT2D eigenvalue weighted by Crippen LogP contribution is 2.21. The maximum atomic E-state index is 11.5. The Morgan fingerprint density at radius 2 is 2.20 bits per heavy atom. The Morgan fingerprint density at radius 1 is 1.50 bits per heavy atom. The van der Waals surface area contributed by atoms with Gasteiger partial charge >= 0.3 is 0 Å². The Balaban J connectivity index is 3.11. The van der Waals surface area contributed by atoms with E-state index in [1.807, 2.05) is 12.1 Å². The number of nitrogens with one attached hydrogen (secondary N) is 1. The summed E-state index contributed by atoms with van der Waals surface area (Å²) in [5.41, 5.74) is 2.35. The molecule has 0 aliphatic rings. The average molecular weight is 293 g/mol. The third-order valence-corrected chi connectivity index (χ3v) is 2.95. The lowest BCUT2D eigenvalue weighted by molar-refractivity contribution is -0.128. The summed E-state index contributed by atoms with van der Waals surface area (Å²) < 4.78 is 0. The van der Waals surface area contributed by atoms with Crippen LogP contribution in [0.5, 0.6) is 0 Å². The fraction of sp³-hybridized carbons (Fsp3) is 0.357. The fourth-order valence-electron chi connectivity index (χ4n) is 1.70. The van der Waals surface area contributed by atoms with Crippen molar-refractivity contribution < 1.29 is 4.79 Å². The monoisotopic (exact) mass is 292 g/mol. The molecule has 106 valence electrons. The first kappa shape index (κ1) is 16.0. The molecule has 0 aliphatic carbocycles. The number of rotatable bonds is 5. The van der Waals surface area contributed by atoms with Gasteiger partial charge in [-0.3, -0.25) is 4.79 Å². The van der Waals surface area contributed by atoms with E-state index >= 15 is 0 Å². The van der Waals surface area contributed by atoms with Gasteiger partial charge in [0.1, 0.15) is 0 Å². The number of nitriles is 1. The summed E-state index contributed by atoms with van der Waals surface area (Å²) >= 11 is 5.99. The Labute approximate surface area is 123 Å². The Morgan fingerprint density at radius 3 is 2.75 bits per heavy atom. The molecular formula is C14H17ClN4O. The molecular weight excluding hydrogens is 276 g/mol. The molecule has 0 saturated heterocycles. The Bertz CT molecular complexity index is 563. The van der Waals surface area contributed by atoms with Gasteiger partial charge in [0.2, 0.25) is 5.91 Å². The molecule has 1 aromatic carbocycles. The van der Waals surface area contributed by atoms with Gasteiger partial charge < -0.3 is 5.32 Å². The van der Waals surface area contributed by atoms with Crippen LogP contribution < -0.4 is 5.32 Å². The lowest BCUT2D eigenvalue weighted by Crippen LogP contribution is -2.25. The van der Waals surface area contributed by atoms with Gasteiger partial charge in [-0.05, 0) is 25.1 Å². The average Bonchev–Trinajstić information content (AvgIpc) is 2.42. The third kappa shape index (κ3) is 4.25. The van der Waals surface area contributed by atoms with Crippen molar-refractivity contribution in [2.45, 2.75) is 20.3 Å². The fourth-order valence-corrected chi connectivity index (χ4v) is 1.87. The number of benzene rings is 1. The summed E-state index contributed by atoms with van der Waals surface area (Å²) in [6, 6.07) is 7.42. The third-order valence-electron chi connectivity index (χ3n) is 2.71. The van der Waals surface area contributed by atoms with Crippen molar-refractivity contribution in [3.8, 4) is 6.07 Å². The van der Waals surface area contributed by atoms with Crippen molar-refractivity contribution in [2.75, 3.05) is 18.9 Å². The van der Waals surface area contributed by atoms with Crippen LogP contribution in [0.15, 0.2) is 23.3 Å². The first-order valence-electron chi connectivity index (χ1n) is 6.17. The zero-order chi connectivity index (χ0) is 15.1. The van der Waals surface area contributed by atoms with Crippen molar-refractivity contribution >= 4 is 28.9 Å². The second-order valence-electron chi connectivity index (χ2n) is 4.18. The molecule has 0 fully saturated rings. The molecule has 0 spiro atoms. The molecule has 0 saturated carbocycles. The molecule has 6 heteroatoms. The molecule has 0 aliphatic heterocycles. The molecule has 0 unspecified atom stereocenters. The van der Waals surface area contributed by atoms with E-state index in [9.17, 15) is 4.79 Å². The minimum Gasteiger partial charge on any atom is -0.388 e. The minimum absolute atomic E-state index is 0.201. The highest BCUT2D eigenvalue weighted by molar-refractivity contribution is 6.31. The van der Waals surface area contributed by atoms with Gasteiger partial charge in [-0.2, -0.15) is 10.4 Å². The number of anilines is 1. The maximum Gasteiger partial charge on any atom is 0.239 e. The number of amides is 1. The molecule has 1 N–H and O–H groups in total. The van der Waals surface area contributed by atoms with Gasteiger partial charge in [-0.1, -0.05) is 11.6 Å². The van der Waals surface area contributed by atoms with Crippen molar-refractivity contribution in [1.82, 2.24) is 5.01 Å². The number of hydrazone groups is 1. The molecule has 1 aromatic rings. The molecule has 5 nitrogen and oxygen atoms in total. The number of nitrogens with zero attached hydrogens (tertiary/aromatic N) is 3. The number of hydrogen-bond donors (Lipinski definition) is 1. The number of carbonyl (C=O) groups is 1. The van der Waals surface area contributed by atoms with E-state index in [0.717, 1.165) is 11.3 Å². The lowest BCUT2D eigenvalue weighted by Gasteiger charge is -2.16. The molecule has 0 bridgehead atoms. The SMILES string of the molecule is CNc1ccc(Cl)cc1/C(C)=N\N(CCC#N)C(C)=O. The highest BCUT2D eigenvalue weighted by atomic mass is 35.5. The summed E-state index contributed by atoms with van der Waals surface area (Å²) in [6.45, 7) is 3.50. The number of carbonyl (C=O) groups excluding carboxylic acids is 1. The number of halogens is 1. The van der Waals surface area contributed by atoms with Crippen LogP contribution >= 0.6 is 11.6 Å². The van der Waals surface area contributed by atoms with Gasteiger partial charge in [-0.25, -0.2) is 5.01 Å². The van der Waals surface area contributed by atoms with Crippen LogP contribution in [0, 0.1) is 11.3 Å². The second kappa shape index (κ2) is 7.51. The quantitative estimate of drug-likeness (QED) is 0.670. The topological polar surface area (TPSA) is 68.5 Å². The highest BCUT2D eigenvalue weighted by Gasteiger charge is 2.10. The molecule has 0 heterocycles. The van der Waals surface area contributed by atoms with Gasteiger partial charge in [0.25, 0.3) is 0 Å². The van der Waals surface area contributed by atoms with Gasteiger partial charge in [0.15, 0.2) is 0 Å². The summed E-state index contributed by atoms with van der Waals surface area (Å²) in [5.74, 6) is -0.201. The van der Waals surface area contributed by atoms with E-state index in [4.69, 9.17) is 16.9 Å². The van der Waals surface area contributed by atoms with Crippen LogP contribution in [0.2, 0.25) is 5.02 Å². The van der Waals surface area contributed by atoms with Crippen LogP contribution in [0.1, 0.15) is 25.8 Å². The van der Waals surface area contributed by atoms with Crippen LogP contribution in [0.25, 0.3) is 0 Å². The van der Waals surface area contributed by atoms with E-state index in [-0.39, 0.29) is 18.9 Å². The smallest absolute Gasteiger partial charge is 0.239 e. The zero-order valence-corrected chi connectivity index (χ0v) is 12.5. The number of hydrogen-bond acceptors (Lipinski definition) is 4. The molecule has 20 heavy (non-hydrogen) atoms. The Kier molecular flexibility index (Phi) is 6.01. The maximum absolute atomic E-state index is 11.5. The first-order chi connectivity index (χ1) is 9.49. The van der Waals surface area contributed by atoms with Crippen molar-refractivity contribution in [3.63, 3.8) is 0 Å². The van der Waals surface area contributed by atoms with E-state index < -0.39 is 0 Å². The minimum atomic E-state index is -0.201. The van der Waals surface area contributed by atoms with Crippen LogP contribution in [-0.2, 0) is 4.79 Å². The normalized spacial score (nSPS) is 10.8. The molecule has 0 atom stereocenters. The summed E-state index contributed by atoms with van der Waals surface area (Å²) in [5, 5.41) is 17.8. The predicted molar refractivity (Wildman–Crippen MR) is 80.8 cm³/mol. The summed E-state index contributed by atoms with van der Waals surface area (Å²) in [4.78, 5) is 11.5. The first-order valence-corrected chi connectivity index (χ1v) is 6.55. The van der Waals surface area contributed by atoms with E-state index in [1.165, 1.54) is 11.9 Å². The van der Waals surface area contributed by atoms with Gasteiger partial charge in [-0.15, -0.1) is 0 Å². The summed E-state index contributed by atoms with van der Waals surface area (Å²) in [7, 11) is 1.80. The second-order valence-corrected chi connectivity index (χ2v) is 4.61. The van der Waals surface area contributed by atoms with Crippen molar-refractivity contribution in [3.05, 3.63) is 28.8 Å². The van der Waals surface area contributed by atoms with Gasteiger partial charge in [0.05, 0.1) is 24.7 Å². The largest absolute Gasteiger partial charge is 0.388 e. The summed E-state index contributed by atoms with van der Waals surface area (Å²) in [6.07, 6.45) is 0.241. The molecule has 1 amide bonds. The van der Waals surface area contributed by atoms with Crippen molar-refractivity contribution in [2.24, 2.45) is 5.10 Å². The molecule has 0 radical (unpaired) electrons. The van der Waals surface area contributed by atoms with E-state index in [2.05, 4.69) is 10.4 Å². The molecule has 0 aromatic heterocycles. The van der Waals surface area contributed by atoms with E-state index in [0.29, 0.717) is 10.7 Å². The van der Waals surface area contributed by atoms with E-state index in [1.54, 1.807) is 26.1 Å². The standard InChI is InChI=1S/C14H17ClN4O/c1-10(18-19(11(2)20)8-4-7-16)13-9-12(15)5-6-14(13)17-3/h5-6,9,17H,4,8H2,1-3H3/b18-10-. The van der Waals surface area contributed by atoms with Crippen LogP contribution in [0.4, 0.5) is 5.69 Å².